The van der Waals surface area contributed by atoms with Gasteiger partial charge in [0.15, 0.2) is 0 Å². The molecule has 0 aliphatic carbocycles. The summed E-state index contributed by atoms with van der Waals surface area (Å²) in [5, 5.41) is 11.6. The molecule has 3 heteroatoms. The van der Waals surface area contributed by atoms with E-state index in [1.807, 2.05) is 24.3 Å². The van der Waals surface area contributed by atoms with E-state index in [2.05, 4.69) is 5.32 Å². The fraction of sp³-hybridized carbons (Fsp3) is 0.182. The number of aliphatic carboxylic acids is 1. The number of carboxylic acid groups (broad SMARTS) is 1. The average Bonchev–Trinajstić information content (AvgIpc) is 2.99. The lowest BCUT2D eigenvalue weighted by atomic mass is 10.1. The first-order valence-corrected chi connectivity index (χ1v) is 4.50. The van der Waals surface area contributed by atoms with Crippen LogP contribution in [0.1, 0.15) is 17.2 Å². The van der Waals surface area contributed by atoms with E-state index in [1.54, 1.807) is 6.08 Å². The molecule has 1 heterocycles. The zero-order chi connectivity index (χ0) is 9.97. The second-order valence-corrected chi connectivity index (χ2v) is 3.30. The van der Waals surface area contributed by atoms with Gasteiger partial charge in [0.05, 0.1) is 0 Å². The number of benzene rings is 1. The van der Waals surface area contributed by atoms with Gasteiger partial charge in [0.2, 0.25) is 0 Å². The molecule has 14 heavy (non-hydrogen) atoms. The quantitative estimate of drug-likeness (QED) is 0.558. The smallest absolute Gasteiger partial charge is 0.328 e. The van der Waals surface area contributed by atoms with Crippen molar-refractivity contribution in [2.45, 2.75) is 6.04 Å². The summed E-state index contributed by atoms with van der Waals surface area (Å²) in [5.74, 6) is -0.919. The Labute approximate surface area is 82.1 Å². The van der Waals surface area contributed by atoms with Gasteiger partial charge >= 0.3 is 5.97 Å². The van der Waals surface area contributed by atoms with Crippen molar-refractivity contribution >= 4 is 12.0 Å². The van der Waals surface area contributed by atoms with Crippen LogP contribution in [0.5, 0.6) is 0 Å². The average molecular weight is 189 g/mol. The number of nitrogens with one attached hydrogen (secondary N) is 1. The van der Waals surface area contributed by atoms with Crippen LogP contribution in [0.2, 0.25) is 0 Å². The van der Waals surface area contributed by atoms with Gasteiger partial charge in [-0.3, -0.25) is 0 Å². The lowest BCUT2D eigenvalue weighted by Gasteiger charge is -1.97. The molecule has 1 fully saturated rings. The Balaban J connectivity index is 2.09. The van der Waals surface area contributed by atoms with Crippen molar-refractivity contribution in [3.05, 3.63) is 41.5 Å². The molecule has 0 bridgehead atoms. The summed E-state index contributed by atoms with van der Waals surface area (Å²) >= 11 is 0. The van der Waals surface area contributed by atoms with E-state index >= 15 is 0 Å². The van der Waals surface area contributed by atoms with E-state index in [-0.39, 0.29) is 0 Å². The standard InChI is InChI=1S/C11H11NO2/c13-11(14)6-3-8-1-4-9(5-2-8)10-7-12-10/h1-6,10,12H,7H2,(H,13,14)/b6-3+/t10-/m1/s1. The van der Waals surface area contributed by atoms with Gasteiger partial charge in [-0.25, -0.2) is 4.79 Å². The third-order valence-electron chi connectivity index (χ3n) is 2.17. The molecule has 3 nitrogen and oxygen atoms in total. The largest absolute Gasteiger partial charge is 0.478 e. The topological polar surface area (TPSA) is 59.2 Å². The summed E-state index contributed by atoms with van der Waals surface area (Å²) in [7, 11) is 0. The highest BCUT2D eigenvalue weighted by molar-refractivity contribution is 5.85. The van der Waals surface area contributed by atoms with Crippen molar-refractivity contribution in [2.24, 2.45) is 0 Å². The van der Waals surface area contributed by atoms with Crippen LogP contribution in [0.4, 0.5) is 0 Å². The summed E-state index contributed by atoms with van der Waals surface area (Å²) in [6.45, 7) is 1.05. The Kier molecular flexibility index (Phi) is 2.33. The molecule has 0 radical (unpaired) electrons. The molecule has 1 atom stereocenters. The molecule has 1 aliphatic rings. The van der Waals surface area contributed by atoms with Gasteiger partial charge in [0, 0.05) is 18.7 Å². The highest BCUT2D eigenvalue weighted by Gasteiger charge is 2.21. The molecule has 72 valence electrons. The van der Waals surface area contributed by atoms with E-state index in [0.717, 1.165) is 18.2 Å². The SMILES string of the molecule is O=C(O)/C=C/c1ccc([C@H]2CN2)cc1. The predicted octanol–water partition coefficient (Wildman–Crippen LogP) is 1.43. The second kappa shape index (κ2) is 3.64. The highest BCUT2D eigenvalue weighted by Crippen LogP contribution is 2.21. The Morgan fingerprint density at radius 1 is 1.43 bits per heavy atom. The van der Waals surface area contributed by atoms with Gasteiger partial charge < -0.3 is 10.4 Å². The van der Waals surface area contributed by atoms with Crippen molar-refractivity contribution in [3.63, 3.8) is 0 Å². The first-order chi connectivity index (χ1) is 6.75. The van der Waals surface area contributed by atoms with Crippen LogP contribution in [-0.2, 0) is 4.79 Å². The molecule has 2 rings (SSSR count). The van der Waals surface area contributed by atoms with Gasteiger partial charge in [-0.2, -0.15) is 0 Å². The van der Waals surface area contributed by atoms with E-state index in [9.17, 15) is 4.79 Å². The fourth-order valence-electron chi connectivity index (χ4n) is 1.30. The minimum Gasteiger partial charge on any atom is -0.478 e. The Hall–Kier alpha value is -1.61. The number of carboxylic acids is 1. The van der Waals surface area contributed by atoms with E-state index < -0.39 is 5.97 Å². The van der Waals surface area contributed by atoms with Crippen LogP contribution in [0, 0.1) is 0 Å². The van der Waals surface area contributed by atoms with Gasteiger partial charge in [0.1, 0.15) is 0 Å². The third kappa shape index (κ3) is 2.20. The second-order valence-electron chi connectivity index (χ2n) is 3.30. The Bertz CT molecular complexity index is 363. The lowest BCUT2D eigenvalue weighted by molar-refractivity contribution is -0.131. The molecule has 0 spiro atoms. The van der Waals surface area contributed by atoms with Gasteiger partial charge in [0.25, 0.3) is 0 Å². The van der Waals surface area contributed by atoms with Gasteiger partial charge in [-0.1, -0.05) is 24.3 Å². The first kappa shape index (κ1) is 8.97. The maximum atomic E-state index is 10.3. The van der Waals surface area contributed by atoms with Crippen LogP contribution >= 0.6 is 0 Å². The van der Waals surface area contributed by atoms with Gasteiger partial charge in [-0.05, 0) is 17.2 Å². The minimum atomic E-state index is -0.919. The highest BCUT2D eigenvalue weighted by atomic mass is 16.4. The molecule has 0 amide bonds. The number of hydrogen-bond donors (Lipinski definition) is 2. The minimum absolute atomic E-state index is 0.507. The fourth-order valence-corrected chi connectivity index (χ4v) is 1.30. The van der Waals surface area contributed by atoms with Crippen LogP contribution < -0.4 is 5.32 Å². The van der Waals surface area contributed by atoms with Crippen LogP contribution in [0.3, 0.4) is 0 Å². The number of hydrogen-bond acceptors (Lipinski definition) is 2. The van der Waals surface area contributed by atoms with Crippen LogP contribution in [0.15, 0.2) is 30.3 Å². The molecular formula is C11H11NO2. The van der Waals surface area contributed by atoms with E-state index in [1.165, 1.54) is 5.56 Å². The van der Waals surface area contributed by atoms with Crippen LogP contribution in [0.25, 0.3) is 6.08 Å². The first-order valence-electron chi connectivity index (χ1n) is 4.50. The Morgan fingerprint density at radius 3 is 2.57 bits per heavy atom. The molecule has 1 saturated heterocycles. The molecule has 1 aliphatic heterocycles. The maximum Gasteiger partial charge on any atom is 0.328 e. The monoisotopic (exact) mass is 189 g/mol. The molecule has 0 unspecified atom stereocenters. The van der Waals surface area contributed by atoms with Crippen molar-refractivity contribution in [1.29, 1.82) is 0 Å². The van der Waals surface area contributed by atoms with Crippen molar-refractivity contribution in [3.8, 4) is 0 Å². The summed E-state index contributed by atoms with van der Waals surface area (Å²) < 4.78 is 0. The summed E-state index contributed by atoms with van der Waals surface area (Å²) in [5.41, 5.74) is 2.18. The molecule has 0 saturated carbocycles. The summed E-state index contributed by atoms with van der Waals surface area (Å²) in [6.07, 6.45) is 2.73. The summed E-state index contributed by atoms with van der Waals surface area (Å²) in [6, 6.07) is 8.40. The number of carbonyl (C=O) groups is 1. The zero-order valence-electron chi connectivity index (χ0n) is 7.60. The molecule has 1 aromatic rings. The van der Waals surface area contributed by atoms with E-state index in [4.69, 9.17) is 5.11 Å². The van der Waals surface area contributed by atoms with Gasteiger partial charge in [-0.15, -0.1) is 0 Å². The van der Waals surface area contributed by atoms with Crippen molar-refractivity contribution < 1.29 is 9.90 Å². The molecule has 2 N–H and O–H groups in total. The third-order valence-corrected chi connectivity index (χ3v) is 2.17. The van der Waals surface area contributed by atoms with Crippen molar-refractivity contribution in [1.82, 2.24) is 5.32 Å². The molecular weight excluding hydrogens is 178 g/mol. The Morgan fingerprint density at radius 2 is 2.07 bits per heavy atom. The molecule has 1 aromatic carbocycles. The summed E-state index contributed by atoms with van der Waals surface area (Å²) in [4.78, 5) is 10.3. The maximum absolute atomic E-state index is 10.3. The molecule has 0 aromatic heterocycles. The predicted molar refractivity (Wildman–Crippen MR) is 53.9 cm³/mol. The lowest BCUT2D eigenvalue weighted by Crippen LogP contribution is -1.86. The zero-order valence-corrected chi connectivity index (χ0v) is 7.60. The normalized spacial score (nSPS) is 19.9. The van der Waals surface area contributed by atoms with Crippen molar-refractivity contribution in [2.75, 3.05) is 6.54 Å². The number of rotatable bonds is 3. The van der Waals surface area contributed by atoms with Crippen LogP contribution in [-0.4, -0.2) is 17.6 Å². The van der Waals surface area contributed by atoms with E-state index in [0.29, 0.717) is 6.04 Å².